The molecule has 1 aliphatic heterocycles. The molecule has 1 unspecified atom stereocenters. The van der Waals surface area contributed by atoms with E-state index < -0.39 is 0 Å². The molecule has 1 aromatic carbocycles. The van der Waals surface area contributed by atoms with Crippen LogP contribution in [0, 0.1) is 6.92 Å². The second kappa shape index (κ2) is 8.78. The Hall–Kier alpha value is -2.34. The van der Waals surface area contributed by atoms with Crippen LogP contribution in [0.1, 0.15) is 54.6 Å². The molecule has 0 spiro atoms. The Morgan fingerprint density at radius 3 is 2.61 bits per heavy atom. The van der Waals surface area contributed by atoms with Gasteiger partial charge < -0.3 is 9.80 Å². The van der Waals surface area contributed by atoms with Gasteiger partial charge in [-0.05, 0) is 57.8 Å². The van der Waals surface area contributed by atoms with Crippen LogP contribution in [0.2, 0.25) is 0 Å². The van der Waals surface area contributed by atoms with Crippen LogP contribution >= 0.6 is 0 Å². The molecule has 1 fully saturated rings. The molecule has 0 radical (unpaired) electrons. The number of carbonyl (C=O) groups is 1. The van der Waals surface area contributed by atoms with Crippen molar-refractivity contribution in [1.29, 1.82) is 0 Å². The van der Waals surface area contributed by atoms with E-state index >= 15 is 0 Å². The lowest BCUT2D eigenvalue weighted by molar-refractivity contribution is 0.163. The van der Waals surface area contributed by atoms with Crippen LogP contribution in [-0.2, 0) is 20.0 Å². The maximum atomic E-state index is 13.2. The van der Waals surface area contributed by atoms with Crippen molar-refractivity contribution in [2.75, 3.05) is 26.0 Å². The molecule has 6 nitrogen and oxygen atoms in total. The number of benzene rings is 1. The third-order valence-electron chi connectivity index (χ3n) is 5.55. The average Bonchev–Trinajstić information content (AvgIpc) is 2.94. The Labute approximate surface area is 168 Å². The number of hydrogen-bond donors (Lipinski definition) is 1. The number of urea groups is 1. The molecule has 1 saturated heterocycles. The third kappa shape index (κ3) is 4.38. The predicted octanol–water partition coefficient (Wildman–Crippen LogP) is 4.11. The van der Waals surface area contributed by atoms with Gasteiger partial charge in [0.05, 0.1) is 11.7 Å². The van der Waals surface area contributed by atoms with Gasteiger partial charge in [-0.3, -0.25) is 10.00 Å². The van der Waals surface area contributed by atoms with Crippen LogP contribution in [0.5, 0.6) is 0 Å². The van der Waals surface area contributed by atoms with E-state index in [0.29, 0.717) is 0 Å². The topological polar surface area (TPSA) is 53.4 Å². The Morgan fingerprint density at radius 1 is 1.25 bits per heavy atom. The van der Waals surface area contributed by atoms with E-state index in [1.807, 2.05) is 18.9 Å². The van der Waals surface area contributed by atoms with Crippen molar-refractivity contribution in [3.8, 4) is 0 Å². The second-order valence-electron chi connectivity index (χ2n) is 8.00. The first-order chi connectivity index (χ1) is 13.4. The van der Waals surface area contributed by atoms with Gasteiger partial charge in [0.15, 0.2) is 0 Å². The molecule has 1 atom stereocenters. The number of amides is 2. The Bertz CT molecular complexity index is 809. The van der Waals surface area contributed by atoms with E-state index in [1.165, 1.54) is 11.1 Å². The minimum atomic E-state index is -0.0280. The van der Waals surface area contributed by atoms with Crippen molar-refractivity contribution in [3.05, 3.63) is 46.6 Å². The number of likely N-dealkylation sites (tertiary alicyclic amines) is 1. The number of rotatable bonds is 5. The minimum Gasteiger partial charge on any atom is -0.317 e. The lowest BCUT2D eigenvalue weighted by Gasteiger charge is -2.36. The van der Waals surface area contributed by atoms with Gasteiger partial charge in [-0.15, -0.1) is 0 Å². The summed E-state index contributed by atoms with van der Waals surface area (Å²) in [5, 5.41) is 7.61. The van der Waals surface area contributed by atoms with Crippen LogP contribution in [-0.4, -0.2) is 46.3 Å². The summed E-state index contributed by atoms with van der Waals surface area (Å²) in [5.74, 6) is 0.815. The fraction of sp³-hybridized carbons (Fsp3) is 0.545. The summed E-state index contributed by atoms with van der Waals surface area (Å²) in [6, 6.07) is 8.82. The van der Waals surface area contributed by atoms with Crippen molar-refractivity contribution in [3.63, 3.8) is 0 Å². The molecular weight excluding hydrogens is 350 g/mol. The molecule has 2 heterocycles. The predicted molar refractivity (Wildman–Crippen MR) is 113 cm³/mol. The first-order valence-electron chi connectivity index (χ1n) is 10.2. The number of hydrogen-bond acceptors (Lipinski definition) is 3. The fourth-order valence-corrected chi connectivity index (χ4v) is 4.19. The van der Waals surface area contributed by atoms with Crippen LogP contribution in [0.15, 0.2) is 24.3 Å². The van der Waals surface area contributed by atoms with E-state index in [4.69, 9.17) is 0 Å². The quantitative estimate of drug-likeness (QED) is 0.845. The molecule has 1 aromatic heterocycles. The van der Waals surface area contributed by atoms with Crippen LogP contribution in [0.25, 0.3) is 0 Å². The summed E-state index contributed by atoms with van der Waals surface area (Å²) in [4.78, 5) is 17.3. The molecule has 0 bridgehead atoms. The molecule has 2 amide bonds. The van der Waals surface area contributed by atoms with Crippen molar-refractivity contribution in [2.24, 2.45) is 7.05 Å². The van der Waals surface area contributed by atoms with Gasteiger partial charge in [-0.2, -0.15) is 5.10 Å². The van der Waals surface area contributed by atoms with E-state index in [0.717, 1.165) is 55.8 Å². The highest BCUT2D eigenvalue weighted by atomic mass is 16.2. The van der Waals surface area contributed by atoms with Gasteiger partial charge in [-0.1, -0.05) is 31.2 Å². The van der Waals surface area contributed by atoms with Crippen LogP contribution in [0.4, 0.5) is 10.6 Å². The monoisotopic (exact) mass is 383 g/mol. The summed E-state index contributed by atoms with van der Waals surface area (Å²) in [6.07, 6.45) is 4.06. The highest BCUT2D eigenvalue weighted by Crippen LogP contribution is 2.32. The summed E-state index contributed by atoms with van der Waals surface area (Å²) < 4.78 is 1.78. The van der Waals surface area contributed by atoms with Gasteiger partial charge in [0.25, 0.3) is 0 Å². The summed E-state index contributed by atoms with van der Waals surface area (Å²) in [6.45, 7) is 5.80. The average molecular weight is 384 g/mol. The zero-order valence-corrected chi connectivity index (χ0v) is 17.8. The standard InChI is InChI=1S/C22H33N5O/c1-6-19-16(2)24-26(5)21(19)23-22(28)27-14-8-7-9-20(27)18-12-10-17(11-13-18)15-25(3)4/h10-13,20H,6-9,14-15H2,1-5H3,(H,23,28). The number of anilines is 1. The number of piperidine rings is 1. The van der Waals surface area contributed by atoms with E-state index in [9.17, 15) is 4.79 Å². The number of aryl methyl sites for hydroxylation is 2. The van der Waals surface area contributed by atoms with Crippen LogP contribution in [0.3, 0.4) is 0 Å². The zero-order valence-electron chi connectivity index (χ0n) is 17.8. The first-order valence-corrected chi connectivity index (χ1v) is 10.2. The molecule has 3 rings (SSSR count). The van der Waals surface area contributed by atoms with Gasteiger partial charge in [0.2, 0.25) is 0 Å². The molecule has 1 aliphatic rings. The Morgan fingerprint density at radius 2 is 1.96 bits per heavy atom. The molecule has 0 saturated carbocycles. The fourth-order valence-electron chi connectivity index (χ4n) is 4.19. The molecular formula is C22H33N5O. The lowest BCUT2D eigenvalue weighted by Crippen LogP contribution is -2.41. The summed E-state index contributed by atoms with van der Waals surface area (Å²) in [7, 11) is 6.04. The molecule has 0 aliphatic carbocycles. The van der Waals surface area contributed by atoms with Crippen molar-refractivity contribution >= 4 is 11.8 Å². The summed E-state index contributed by atoms with van der Waals surface area (Å²) >= 11 is 0. The second-order valence-corrected chi connectivity index (χ2v) is 8.00. The number of nitrogens with zero attached hydrogens (tertiary/aromatic N) is 4. The van der Waals surface area contributed by atoms with E-state index in [1.54, 1.807) is 4.68 Å². The SMILES string of the molecule is CCc1c(C)nn(C)c1NC(=O)N1CCCCC1c1ccc(CN(C)C)cc1. The molecule has 6 heteroatoms. The Balaban J connectivity index is 1.78. The van der Waals surface area contributed by atoms with Gasteiger partial charge in [0, 0.05) is 25.7 Å². The summed E-state index contributed by atoms with van der Waals surface area (Å²) in [5.41, 5.74) is 4.59. The normalized spacial score (nSPS) is 17.2. The number of carbonyl (C=O) groups excluding carboxylic acids is 1. The minimum absolute atomic E-state index is 0.0280. The van der Waals surface area contributed by atoms with Gasteiger partial charge in [-0.25, -0.2) is 4.79 Å². The molecule has 2 aromatic rings. The van der Waals surface area contributed by atoms with E-state index in [2.05, 4.69) is 60.6 Å². The number of nitrogens with one attached hydrogen (secondary N) is 1. The van der Waals surface area contributed by atoms with Crippen LogP contribution < -0.4 is 5.32 Å². The molecule has 1 N–H and O–H groups in total. The van der Waals surface area contributed by atoms with Gasteiger partial charge in [0.1, 0.15) is 5.82 Å². The van der Waals surface area contributed by atoms with Crippen molar-refractivity contribution < 1.29 is 4.79 Å². The number of aromatic nitrogens is 2. The molecule has 152 valence electrons. The maximum Gasteiger partial charge on any atom is 0.323 e. The zero-order chi connectivity index (χ0) is 20.3. The van der Waals surface area contributed by atoms with Gasteiger partial charge >= 0.3 is 6.03 Å². The largest absolute Gasteiger partial charge is 0.323 e. The highest BCUT2D eigenvalue weighted by Gasteiger charge is 2.29. The third-order valence-corrected chi connectivity index (χ3v) is 5.55. The maximum absolute atomic E-state index is 13.2. The highest BCUT2D eigenvalue weighted by molar-refractivity contribution is 5.89. The lowest BCUT2D eigenvalue weighted by atomic mass is 9.95. The first kappa shape index (κ1) is 20.4. The van der Waals surface area contributed by atoms with E-state index in [-0.39, 0.29) is 12.1 Å². The smallest absolute Gasteiger partial charge is 0.317 e. The van der Waals surface area contributed by atoms with Crippen molar-refractivity contribution in [1.82, 2.24) is 19.6 Å². The Kier molecular flexibility index (Phi) is 6.39. The molecule has 28 heavy (non-hydrogen) atoms. The van der Waals surface area contributed by atoms with Crippen molar-refractivity contribution in [2.45, 2.75) is 52.1 Å².